The number of nitrogens with one attached hydrogen (secondary N) is 2. The number of carbonyl (C=O) groups is 1. The Balaban J connectivity index is 1.74. The van der Waals surface area contributed by atoms with Crippen molar-refractivity contribution in [1.29, 1.82) is 0 Å². The Bertz CT molecular complexity index is 1140. The van der Waals surface area contributed by atoms with Gasteiger partial charge in [0.05, 0.1) is 11.6 Å². The Hall–Kier alpha value is -3.16. The molecule has 0 aromatic carbocycles. The van der Waals surface area contributed by atoms with E-state index < -0.39 is 0 Å². The van der Waals surface area contributed by atoms with Gasteiger partial charge in [-0.2, -0.15) is 0 Å². The average Bonchev–Trinajstić information content (AvgIpc) is 2.95. The van der Waals surface area contributed by atoms with Crippen LogP contribution in [0.4, 0.5) is 0 Å². The maximum absolute atomic E-state index is 12.9. The van der Waals surface area contributed by atoms with Crippen molar-refractivity contribution < 1.29 is 9.21 Å². The summed E-state index contributed by atoms with van der Waals surface area (Å²) in [5.41, 5.74) is 1.64. The number of hydrogen-bond acceptors (Lipinski definition) is 5. The van der Waals surface area contributed by atoms with Crippen LogP contribution in [0.1, 0.15) is 46.3 Å². The van der Waals surface area contributed by atoms with Crippen LogP contribution in [0, 0.1) is 6.92 Å². The van der Waals surface area contributed by atoms with Gasteiger partial charge in [0, 0.05) is 18.8 Å². The number of amides is 1. The molecule has 0 saturated heterocycles. The quantitative estimate of drug-likeness (QED) is 0.721. The molecule has 0 fully saturated rings. The smallest absolute Gasteiger partial charge is 0.265 e. The van der Waals surface area contributed by atoms with Crippen LogP contribution in [0.5, 0.6) is 0 Å². The lowest BCUT2D eigenvalue weighted by atomic mass is 9.91. The number of fused-ring (bicyclic) bond motifs is 2. The number of carbonyl (C=O) groups excluding carboxylic acids is 1. The molecule has 8 nitrogen and oxygen atoms in total. The van der Waals surface area contributed by atoms with Crippen molar-refractivity contribution in [3.05, 3.63) is 61.7 Å². The summed E-state index contributed by atoms with van der Waals surface area (Å²) in [7, 11) is 1.58. The molecule has 1 atom stereocenters. The average molecular weight is 354 g/mol. The van der Waals surface area contributed by atoms with Crippen LogP contribution < -0.4 is 16.4 Å². The topological polar surface area (TPSA) is 110 Å². The van der Waals surface area contributed by atoms with Gasteiger partial charge in [-0.05, 0) is 37.8 Å². The van der Waals surface area contributed by atoms with E-state index in [2.05, 4.69) is 15.3 Å². The predicted molar refractivity (Wildman–Crippen MR) is 94.2 cm³/mol. The Morgan fingerprint density at radius 3 is 3.00 bits per heavy atom. The monoisotopic (exact) mass is 354 g/mol. The fourth-order valence-corrected chi connectivity index (χ4v) is 3.54. The fraction of sp³-hybridized carbons (Fsp3) is 0.333. The largest absolute Gasteiger partial charge is 0.442 e. The zero-order valence-corrected chi connectivity index (χ0v) is 14.5. The zero-order chi connectivity index (χ0) is 18.4. The highest BCUT2D eigenvalue weighted by molar-refractivity contribution is 6.06. The molecule has 4 rings (SSSR count). The lowest BCUT2D eigenvalue weighted by Gasteiger charge is -2.25. The van der Waals surface area contributed by atoms with E-state index in [1.54, 1.807) is 20.0 Å². The van der Waals surface area contributed by atoms with Gasteiger partial charge in [-0.15, -0.1) is 0 Å². The van der Waals surface area contributed by atoms with Crippen molar-refractivity contribution in [2.24, 2.45) is 7.05 Å². The van der Waals surface area contributed by atoms with Gasteiger partial charge in [0.1, 0.15) is 17.5 Å². The lowest BCUT2D eigenvalue weighted by molar-refractivity contribution is 0.0932. The molecule has 2 N–H and O–H groups in total. The standard InChI is InChI=1S/C18H18N4O4/c1-9-14(15-17(26-9)19-8-22(2)18(15)25)16(24)21-12-5-3-4-11-10(12)6-7-13(23)20-11/h6-8,12H,3-5H2,1-2H3,(H,20,23)(H,21,24). The molecular weight excluding hydrogens is 336 g/mol. The molecule has 3 aromatic rings. The third-order valence-electron chi connectivity index (χ3n) is 4.81. The van der Waals surface area contributed by atoms with Crippen molar-refractivity contribution in [1.82, 2.24) is 19.9 Å². The molecule has 0 saturated carbocycles. The lowest BCUT2D eigenvalue weighted by Crippen LogP contribution is -2.33. The third-order valence-corrected chi connectivity index (χ3v) is 4.81. The van der Waals surface area contributed by atoms with Gasteiger partial charge in [0.15, 0.2) is 0 Å². The van der Waals surface area contributed by atoms with E-state index in [-0.39, 0.29) is 39.7 Å². The van der Waals surface area contributed by atoms with Crippen molar-refractivity contribution in [2.75, 3.05) is 0 Å². The molecule has 1 aliphatic rings. The fourth-order valence-electron chi connectivity index (χ4n) is 3.54. The maximum atomic E-state index is 12.9. The number of rotatable bonds is 2. The minimum atomic E-state index is -0.379. The molecule has 1 amide bonds. The Morgan fingerprint density at radius 2 is 2.19 bits per heavy atom. The predicted octanol–water partition coefficient (Wildman–Crippen LogP) is 1.33. The van der Waals surface area contributed by atoms with Crippen LogP contribution in [0.25, 0.3) is 11.1 Å². The summed E-state index contributed by atoms with van der Waals surface area (Å²) in [6.07, 6.45) is 3.75. The zero-order valence-electron chi connectivity index (χ0n) is 14.5. The highest BCUT2D eigenvalue weighted by atomic mass is 16.3. The van der Waals surface area contributed by atoms with E-state index in [0.29, 0.717) is 5.76 Å². The van der Waals surface area contributed by atoms with Crippen LogP contribution in [0.3, 0.4) is 0 Å². The molecule has 3 aromatic heterocycles. The second-order valence-electron chi connectivity index (χ2n) is 6.55. The first-order valence-corrected chi connectivity index (χ1v) is 8.43. The van der Waals surface area contributed by atoms with Crippen molar-refractivity contribution in [2.45, 2.75) is 32.2 Å². The summed E-state index contributed by atoms with van der Waals surface area (Å²) in [6.45, 7) is 1.64. The summed E-state index contributed by atoms with van der Waals surface area (Å²) in [5, 5.41) is 3.16. The normalized spacial score (nSPS) is 16.5. The van der Waals surface area contributed by atoms with Gasteiger partial charge in [-0.3, -0.25) is 14.4 Å². The van der Waals surface area contributed by atoms with E-state index >= 15 is 0 Å². The molecule has 0 spiro atoms. The summed E-state index contributed by atoms with van der Waals surface area (Å²) in [6, 6.07) is 2.98. The second-order valence-corrected chi connectivity index (χ2v) is 6.55. The van der Waals surface area contributed by atoms with Crippen molar-refractivity contribution >= 4 is 17.0 Å². The molecule has 3 heterocycles. The van der Waals surface area contributed by atoms with Crippen LogP contribution >= 0.6 is 0 Å². The molecule has 1 unspecified atom stereocenters. The first-order valence-electron chi connectivity index (χ1n) is 8.43. The molecule has 8 heteroatoms. The summed E-state index contributed by atoms with van der Waals surface area (Å²) in [5.74, 6) is -0.0267. The van der Waals surface area contributed by atoms with Crippen LogP contribution in [0.2, 0.25) is 0 Å². The number of nitrogens with zero attached hydrogens (tertiary/aromatic N) is 2. The SMILES string of the molecule is Cc1oc2ncn(C)c(=O)c2c1C(=O)NC1CCCc2[nH]c(=O)ccc21. The number of aromatic amines is 1. The van der Waals surface area contributed by atoms with Gasteiger partial charge in [0.25, 0.3) is 11.5 Å². The maximum Gasteiger partial charge on any atom is 0.265 e. The number of H-pyrrole nitrogens is 1. The molecule has 0 radical (unpaired) electrons. The van der Waals surface area contributed by atoms with E-state index in [1.165, 1.54) is 17.0 Å². The van der Waals surface area contributed by atoms with Gasteiger partial charge in [-0.25, -0.2) is 4.98 Å². The summed E-state index contributed by atoms with van der Waals surface area (Å²) in [4.78, 5) is 43.8. The van der Waals surface area contributed by atoms with Crippen LogP contribution in [-0.2, 0) is 13.5 Å². The molecule has 26 heavy (non-hydrogen) atoms. The van der Waals surface area contributed by atoms with Crippen molar-refractivity contribution in [3.63, 3.8) is 0 Å². The Morgan fingerprint density at radius 1 is 1.38 bits per heavy atom. The highest BCUT2D eigenvalue weighted by Crippen LogP contribution is 2.29. The molecule has 1 aliphatic carbocycles. The van der Waals surface area contributed by atoms with Crippen LogP contribution in [0.15, 0.2) is 32.5 Å². The van der Waals surface area contributed by atoms with E-state index in [0.717, 1.165) is 30.5 Å². The van der Waals surface area contributed by atoms with Crippen molar-refractivity contribution in [3.8, 4) is 0 Å². The number of pyridine rings is 1. The van der Waals surface area contributed by atoms with Gasteiger partial charge < -0.3 is 19.3 Å². The van der Waals surface area contributed by atoms with Gasteiger partial charge >= 0.3 is 0 Å². The number of aryl methyl sites for hydroxylation is 3. The molecule has 134 valence electrons. The van der Waals surface area contributed by atoms with Gasteiger partial charge in [0.2, 0.25) is 11.3 Å². The first-order chi connectivity index (χ1) is 12.5. The second kappa shape index (κ2) is 5.98. The summed E-state index contributed by atoms with van der Waals surface area (Å²) >= 11 is 0. The number of furan rings is 1. The molecule has 0 bridgehead atoms. The highest BCUT2D eigenvalue weighted by Gasteiger charge is 2.27. The number of aromatic nitrogens is 3. The van der Waals surface area contributed by atoms with E-state index in [1.807, 2.05) is 0 Å². The van der Waals surface area contributed by atoms with E-state index in [4.69, 9.17) is 4.42 Å². The van der Waals surface area contributed by atoms with Crippen LogP contribution in [-0.4, -0.2) is 20.4 Å². The third kappa shape index (κ3) is 2.54. The first kappa shape index (κ1) is 16.3. The molecule has 0 aliphatic heterocycles. The number of hydrogen-bond donors (Lipinski definition) is 2. The minimum absolute atomic E-state index is 0.151. The minimum Gasteiger partial charge on any atom is -0.442 e. The van der Waals surface area contributed by atoms with E-state index in [9.17, 15) is 14.4 Å². The Labute approximate surface area is 147 Å². The molecular formula is C18H18N4O4. The van der Waals surface area contributed by atoms with Gasteiger partial charge in [-0.1, -0.05) is 0 Å². The Kier molecular flexibility index (Phi) is 3.75. The summed E-state index contributed by atoms with van der Waals surface area (Å²) < 4.78 is 6.81.